The second-order valence-corrected chi connectivity index (χ2v) is 12.7. The molecule has 42 heavy (non-hydrogen) atoms. The Kier molecular flexibility index (Phi) is 5.21. The number of benzene rings is 5. The van der Waals surface area contributed by atoms with Gasteiger partial charge in [-0.25, -0.2) is 0 Å². The van der Waals surface area contributed by atoms with Gasteiger partial charge in [0.1, 0.15) is 0 Å². The van der Waals surface area contributed by atoms with Gasteiger partial charge in [-0.1, -0.05) is 158 Å². The van der Waals surface area contributed by atoms with E-state index in [1.807, 2.05) is 0 Å². The van der Waals surface area contributed by atoms with E-state index in [1.165, 1.54) is 70.2 Å². The van der Waals surface area contributed by atoms with E-state index < -0.39 is 0 Å². The average Bonchev–Trinajstić information content (AvgIpc) is 3.82. The molecule has 1 saturated carbocycles. The van der Waals surface area contributed by atoms with Gasteiger partial charge in [-0.2, -0.15) is 0 Å². The van der Waals surface area contributed by atoms with E-state index in [4.69, 9.17) is 0 Å². The molecule has 0 aromatic heterocycles. The summed E-state index contributed by atoms with van der Waals surface area (Å²) < 4.78 is 0. The Hall–Kier alpha value is -4.42. The van der Waals surface area contributed by atoms with E-state index in [2.05, 4.69) is 146 Å². The summed E-state index contributed by atoms with van der Waals surface area (Å²) in [6.07, 6.45) is 14.7. The third-order valence-corrected chi connectivity index (χ3v) is 11.0. The van der Waals surface area contributed by atoms with E-state index in [9.17, 15) is 0 Å². The summed E-state index contributed by atoms with van der Waals surface area (Å²) in [5, 5.41) is 0. The Morgan fingerprint density at radius 3 is 1.43 bits per heavy atom. The van der Waals surface area contributed by atoms with Gasteiger partial charge >= 0.3 is 0 Å². The fourth-order valence-corrected chi connectivity index (χ4v) is 9.50. The van der Waals surface area contributed by atoms with Crippen molar-refractivity contribution >= 4 is 0 Å². The molecule has 2 atom stereocenters. The minimum Gasteiger partial charge on any atom is -0.0789 e. The molecule has 0 heteroatoms. The molecule has 10 rings (SSSR count). The van der Waals surface area contributed by atoms with Crippen molar-refractivity contribution in [1.82, 2.24) is 0 Å². The minimum absolute atomic E-state index is 0.0598. The van der Waals surface area contributed by atoms with E-state index in [0.29, 0.717) is 17.3 Å². The minimum atomic E-state index is -0.0598. The molecule has 0 nitrogen and oxygen atoms in total. The van der Waals surface area contributed by atoms with E-state index in [-0.39, 0.29) is 5.41 Å². The van der Waals surface area contributed by atoms with Crippen LogP contribution >= 0.6 is 0 Å². The van der Waals surface area contributed by atoms with E-state index in [1.54, 1.807) is 11.1 Å². The maximum absolute atomic E-state index is 2.43. The van der Waals surface area contributed by atoms with Gasteiger partial charge in [-0.3, -0.25) is 0 Å². The van der Waals surface area contributed by atoms with Crippen LogP contribution in [0.15, 0.2) is 146 Å². The molecule has 2 spiro atoms. The maximum atomic E-state index is 2.43. The molecule has 0 aliphatic heterocycles. The Morgan fingerprint density at radius 1 is 0.429 bits per heavy atom. The lowest BCUT2D eigenvalue weighted by atomic mass is 9.65. The summed E-state index contributed by atoms with van der Waals surface area (Å²) in [6, 6.07) is 45.1. The molecule has 0 saturated heterocycles. The van der Waals surface area contributed by atoms with Gasteiger partial charge in [0.15, 0.2) is 0 Å². The quantitative estimate of drug-likeness (QED) is 0.184. The Morgan fingerprint density at radius 2 is 0.857 bits per heavy atom. The molecule has 0 bridgehead atoms. The molecule has 1 fully saturated rings. The highest BCUT2D eigenvalue weighted by atomic mass is 14.6. The summed E-state index contributed by atoms with van der Waals surface area (Å²) in [4.78, 5) is 0. The van der Waals surface area contributed by atoms with Gasteiger partial charge in [-0.05, 0) is 68.5 Å². The van der Waals surface area contributed by atoms with Crippen LogP contribution in [0.4, 0.5) is 0 Å². The highest BCUT2D eigenvalue weighted by molar-refractivity contribution is 5.86. The maximum Gasteiger partial charge on any atom is 0.0537 e. The second-order valence-electron chi connectivity index (χ2n) is 12.7. The largest absolute Gasteiger partial charge is 0.0789 e. The molecule has 0 amide bonds. The summed E-state index contributed by atoms with van der Waals surface area (Å²) >= 11 is 0. The second kappa shape index (κ2) is 9.04. The van der Waals surface area contributed by atoms with Crippen LogP contribution in [-0.2, 0) is 10.8 Å². The summed E-state index contributed by atoms with van der Waals surface area (Å²) in [5.41, 5.74) is 15.1. The van der Waals surface area contributed by atoms with Crippen molar-refractivity contribution in [3.8, 4) is 22.3 Å². The first-order chi connectivity index (χ1) is 20.8. The predicted molar refractivity (Wildman–Crippen MR) is 174 cm³/mol. The molecule has 5 aliphatic carbocycles. The van der Waals surface area contributed by atoms with E-state index >= 15 is 0 Å². The first-order valence-corrected chi connectivity index (χ1v) is 15.7. The molecule has 0 heterocycles. The fraction of sp³-hybridized carbons (Fsp3) is 0.190. The molecule has 2 unspecified atom stereocenters. The van der Waals surface area contributed by atoms with Crippen LogP contribution in [0.5, 0.6) is 0 Å². The number of rotatable bonds is 0. The van der Waals surface area contributed by atoms with Gasteiger partial charge in [0.2, 0.25) is 0 Å². The van der Waals surface area contributed by atoms with Crippen molar-refractivity contribution in [2.75, 3.05) is 0 Å². The van der Waals surface area contributed by atoms with Crippen molar-refractivity contribution < 1.29 is 0 Å². The van der Waals surface area contributed by atoms with Crippen LogP contribution in [0.2, 0.25) is 0 Å². The summed E-state index contributed by atoms with van der Waals surface area (Å²) in [6.45, 7) is 0. The highest BCUT2D eigenvalue weighted by Gasteiger charge is 2.56. The van der Waals surface area contributed by atoms with Gasteiger partial charge < -0.3 is 0 Å². The lowest BCUT2D eigenvalue weighted by Gasteiger charge is -2.36. The standard InChI is InChI=1S/C25H18.C17H16/c1-5-13-21-17(9-1)18-10-2-6-14-22(18)25(21)23-15-7-3-11-19(23)20-12-4-8-16-24(20)25;1-3-9-15-13(7-1)14-8-2-4-10-16(14)17(15)11-5-6-12-17/h1-17,21H;1-4,7-10H,5-6,11-12H2. The highest BCUT2D eigenvalue weighted by Crippen LogP contribution is 2.65. The van der Waals surface area contributed by atoms with Crippen molar-refractivity contribution in [2.24, 2.45) is 5.92 Å². The Labute approximate surface area is 249 Å². The van der Waals surface area contributed by atoms with Crippen LogP contribution < -0.4 is 0 Å². The number of hydrogen-bond donors (Lipinski definition) is 0. The number of allylic oxidation sites excluding steroid dienone is 4. The van der Waals surface area contributed by atoms with Gasteiger partial charge in [0.05, 0.1) is 5.41 Å². The van der Waals surface area contributed by atoms with Crippen LogP contribution in [-0.4, -0.2) is 0 Å². The third-order valence-electron chi connectivity index (χ3n) is 11.0. The van der Waals surface area contributed by atoms with Crippen LogP contribution in [0.1, 0.15) is 65.0 Å². The van der Waals surface area contributed by atoms with Gasteiger partial charge in [0.25, 0.3) is 0 Å². The molecule has 0 N–H and O–H groups in total. The van der Waals surface area contributed by atoms with Crippen LogP contribution in [0, 0.1) is 5.92 Å². The molecule has 5 aromatic carbocycles. The zero-order valence-corrected chi connectivity index (χ0v) is 23.8. The van der Waals surface area contributed by atoms with Crippen molar-refractivity contribution in [1.29, 1.82) is 0 Å². The normalized spacial score (nSPS) is 21.6. The summed E-state index contributed by atoms with van der Waals surface area (Å²) in [5.74, 6) is 0.903. The molecular formula is C42H34. The van der Waals surface area contributed by atoms with Crippen LogP contribution in [0.3, 0.4) is 0 Å². The first-order valence-electron chi connectivity index (χ1n) is 15.7. The number of hydrogen-bond acceptors (Lipinski definition) is 0. The average molecular weight is 539 g/mol. The third kappa shape index (κ3) is 3.03. The Balaban J connectivity index is 0.000000128. The van der Waals surface area contributed by atoms with Crippen molar-refractivity contribution in [3.05, 3.63) is 179 Å². The topological polar surface area (TPSA) is 0 Å². The molecule has 202 valence electrons. The zero-order valence-electron chi connectivity index (χ0n) is 23.8. The predicted octanol–water partition coefficient (Wildman–Crippen LogP) is 10.4. The zero-order chi connectivity index (χ0) is 27.7. The monoisotopic (exact) mass is 538 g/mol. The fourth-order valence-electron chi connectivity index (χ4n) is 9.50. The lowest BCUT2D eigenvalue weighted by molar-refractivity contribution is 0.465. The molecular weight excluding hydrogens is 504 g/mol. The molecule has 0 radical (unpaired) electrons. The lowest BCUT2D eigenvalue weighted by Crippen LogP contribution is -2.32. The summed E-state index contributed by atoms with van der Waals surface area (Å²) in [7, 11) is 0. The van der Waals surface area contributed by atoms with Gasteiger partial charge in [-0.15, -0.1) is 0 Å². The SMILES string of the molecule is C1=CC2c3ccccc3C3(c4ccccc4-c4ccccc43)C2C=C1.c1ccc2c(c1)-c1ccccc1C21CCCC1. The van der Waals surface area contributed by atoms with Crippen molar-refractivity contribution in [3.63, 3.8) is 0 Å². The molecule has 5 aliphatic rings. The Bertz CT molecular complexity index is 1820. The molecule has 5 aromatic rings. The van der Waals surface area contributed by atoms with Gasteiger partial charge in [0, 0.05) is 17.3 Å². The van der Waals surface area contributed by atoms with E-state index in [0.717, 1.165) is 0 Å². The van der Waals surface area contributed by atoms with Crippen molar-refractivity contribution in [2.45, 2.75) is 42.4 Å². The first kappa shape index (κ1) is 24.2. The van der Waals surface area contributed by atoms with Crippen LogP contribution in [0.25, 0.3) is 22.3 Å². The number of fused-ring (bicyclic) bond motifs is 15. The smallest absolute Gasteiger partial charge is 0.0537 e.